The van der Waals surface area contributed by atoms with Gasteiger partial charge >= 0.3 is 12.1 Å². The van der Waals surface area contributed by atoms with Crippen LogP contribution in [-0.4, -0.2) is 28.5 Å². The lowest BCUT2D eigenvalue weighted by Crippen LogP contribution is -2.27. The fourth-order valence-electron chi connectivity index (χ4n) is 1.83. The molecule has 1 aromatic rings. The number of pyridine rings is 1. The molecule has 8 heteroatoms. The molecule has 2 rings (SSSR count). The minimum Gasteiger partial charge on any atom is -0.481 e. The fraction of sp³-hybridized carbons (Fsp3) is 0.364. The lowest BCUT2D eigenvalue weighted by atomic mass is 10.1. The number of rotatable bonds is 2. The molecule has 19 heavy (non-hydrogen) atoms. The summed E-state index contributed by atoms with van der Waals surface area (Å²) in [7, 11) is 0. The van der Waals surface area contributed by atoms with E-state index in [9.17, 15) is 22.8 Å². The van der Waals surface area contributed by atoms with E-state index in [2.05, 4.69) is 4.98 Å². The minimum absolute atomic E-state index is 0.164. The molecule has 1 aliphatic heterocycles. The summed E-state index contributed by atoms with van der Waals surface area (Å²) in [6.45, 7) is -0.164. The van der Waals surface area contributed by atoms with Crippen molar-refractivity contribution >= 4 is 17.7 Å². The Kier molecular flexibility index (Phi) is 3.17. The number of halogens is 3. The Morgan fingerprint density at radius 2 is 2.11 bits per heavy atom. The van der Waals surface area contributed by atoms with Gasteiger partial charge < -0.3 is 5.11 Å². The average molecular weight is 274 g/mol. The number of alkyl halides is 3. The molecule has 1 N–H and O–H groups in total. The summed E-state index contributed by atoms with van der Waals surface area (Å²) >= 11 is 0. The second-order valence-corrected chi connectivity index (χ2v) is 4.12. The molecule has 1 aromatic heterocycles. The third-order valence-corrected chi connectivity index (χ3v) is 2.78. The van der Waals surface area contributed by atoms with E-state index in [1.54, 1.807) is 0 Å². The highest BCUT2D eigenvalue weighted by Gasteiger charge is 2.37. The molecule has 5 nitrogen and oxygen atoms in total. The van der Waals surface area contributed by atoms with Crippen LogP contribution in [0.5, 0.6) is 0 Å². The molecule has 0 radical (unpaired) electrons. The first-order valence-electron chi connectivity index (χ1n) is 5.36. The molecule has 0 bridgehead atoms. The molecule has 0 saturated carbocycles. The van der Waals surface area contributed by atoms with Crippen LogP contribution in [0.25, 0.3) is 0 Å². The Bertz CT molecular complexity index is 530. The van der Waals surface area contributed by atoms with E-state index >= 15 is 0 Å². The Labute approximate surface area is 105 Å². The van der Waals surface area contributed by atoms with Gasteiger partial charge in [-0.1, -0.05) is 6.07 Å². The van der Waals surface area contributed by atoms with Crippen molar-refractivity contribution in [1.29, 1.82) is 0 Å². The molecule has 0 aliphatic carbocycles. The van der Waals surface area contributed by atoms with Crippen LogP contribution in [-0.2, 0) is 15.8 Å². The first-order valence-corrected chi connectivity index (χ1v) is 5.36. The van der Waals surface area contributed by atoms with Gasteiger partial charge in [-0.25, -0.2) is 4.98 Å². The number of aromatic nitrogens is 1. The summed E-state index contributed by atoms with van der Waals surface area (Å²) < 4.78 is 37.5. The van der Waals surface area contributed by atoms with Crippen molar-refractivity contribution in [2.75, 3.05) is 11.4 Å². The van der Waals surface area contributed by atoms with Crippen molar-refractivity contribution in [2.24, 2.45) is 5.92 Å². The second-order valence-electron chi connectivity index (χ2n) is 4.12. The molecular formula is C11H9F3N2O3. The summed E-state index contributed by atoms with van der Waals surface area (Å²) in [6, 6.07) is 3.17. The predicted octanol–water partition coefficient (Wildman–Crippen LogP) is 1.54. The summed E-state index contributed by atoms with van der Waals surface area (Å²) in [5, 5.41) is 8.80. The van der Waals surface area contributed by atoms with Gasteiger partial charge in [0.15, 0.2) is 0 Å². The van der Waals surface area contributed by atoms with E-state index in [-0.39, 0.29) is 18.8 Å². The van der Waals surface area contributed by atoms with Gasteiger partial charge in [0.05, 0.1) is 5.92 Å². The fourth-order valence-corrected chi connectivity index (χ4v) is 1.83. The van der Waals surface area contributed by atoms with Crippen LogP contribution >= 0.6 is 0 Å². The van der Waals surface area contributed by atoms with E-state index < -0.39 is 29.7 Å². The van der Waals surface area contributed by atoms with Gasteiger partial charge in [-0.05, 0) is 12.1 Å². The van der Waals surface area contributed by atoms with Gasteiger partial charge in [0.1, 0.15) is 11.5 Å². The Morgan fingerprint density at radius 1 is 1.42 bits per heavy atom. The topological polar surface area (TPSA) is 70.5 Å². The summed E-state index contributed by atoms with van der Waals surface area (Å²) in [6.07, 6.45) is -4.84. The van der Waals surface area contributed by atoms with Crippen molar-refractivity contribution in [2.45, 2.75) is 12.6 Å². The molecule has 0 spiro atoms. The lowest BCUT2D eigenvalue weighted by molar-refractivity contribution is -0.142. The van der Waals surface area contributed by atoms with Gasteiger partial charge in [-0.2, -0.15) is 13.2 Å². The maximum Gasteiger partial charge on any atom is 0.433 e. The van der Waals surface area contributed by atoms with Gasteiger partial charge in [0.25, 0.3) is 0 Å². The number of amides is 1. The van der Waals surface area contributed by atoms with Crippen molar-refractivity contribution in [1.82, 2.24) is 4.98 Å². The van der Waals surface area contributed by atoms with Gasteiger partial charge in [0, 0.05) is 13.0 Å². The minimum atomic E-state index is -4.61. The van der Waals surface area contributed by atoms with E-state index in [4.69, 9.17) is 5.11 Å². The quantitative estimate of drug-likeness (QED) is 0.888. The normalized spacial score (nSPS) is 19.8. The standard InChI is InChI=1S/C11H9F3N2O3/c12-11(13,14)7-2-1-3-8(15-7)16-5-6(10(18)19)4-9(16)17/h1-3,6H,4-5H2,(H,18,19). The summed E-state index contributed by atoms with van der Waals surface area (Å²) in [5.41, 5.74) is -1.11. The molecule has 1 saturated heterocycles. The Hall–Kier alpha value is -2.12. The first-order chi connectivity index (χ1) is 8.79. The van der Waals surface area contributed by atoms with E-state index in [0.29, 0.717) is 0 Å². The highest BCUT2D eigenvalue weighted by Crippen LogP contribution is 2.30. The van der Waals surface area contributed by atoms with Crippen LogP contribution in [0.15, 0.2) is 18.2 Å². The number of carbonyl (C=O) groups excluding carboxylic acids is 1. The maximum absolute atomic E-state index is 12.5. The Balaban J connectivity index is 2.28. The highest BCUT2D eigenvalue weighted by atomic mass is 19.4. The molecule has 1 aliphatic rings. The van der Waals surface area contributed by atoms with Crippen molar-refractivity contribution in [3.05, 3.63) is 23.9 Å². The zero-order chi connectivity index (χ0) is 14.2. The number of aliphatic carboxylic acids is 1. The number of hydrogen-bond acceptors (Lipinski definition) is 3. The number of nitrogens with zero attached hydrogens (tertiary/aromatic N) is 2. The first kappa shape index (κ1) is 13.3. The van der Waals surface area contributed by atoms with Gasteiger partial charge in [0.2, 0.25) is 5.91 Å². The van der Waals surface area contributed by atoms with Crippen LogP contribution < -0.4 is 4.90 Å². The smallest absolute Gasteiger partial charge is 0.433 e. The SMILES string of the molecule is O=C(O)C1CC(=O)N(c2cccc(C(F)(F)F)n2)C1. The van der Waals surface area contributed by atoms with Crippen LogP contribution in [0.1, 0.15) is 12.1 Å². The molecule has 102 valence electrons. The van der Waals surface area contributed by atoms with Crippen LogP contribution in [0, 0.1) is 5.92 Å². The summed E-state index contributed by atoms with van der Waals surface area (Å²) in [4.78, 5) is 26.7. The largest absolute Gasteiger partial charge is 0.481 e. The van der Waals surface area contributed by atoms with Crippen molar-refractivity contribution in [3.8, 4) is 0 Å². The number of anilines is 1. The molecule has 1 fully saturated rings. The monoisotopic (exact) mass is 274 g/mol. The Morgan fingerprint density at radius 3 is 2.63 bits per heavy atom. The van der Waals surface area contributed by atoms with Crippen molar-refractivity contribution in [3.63, 3.8) is 0 Å². The average Bonchev–Trinajstić information content (AvgIpc) is 2.71. The molecule has 1 atom stereocenters. The predicted molar refractivity (Wildman–Crippen MR) is 57.3 cm³/mol. The van der Waals surface area contributed by atoms with Crippen molar-refractivity contribution < 1.29 is 27.9 Å². The molecule has 0 aromatic carbocycles. The van der Waals surface area contributed by atoms with E-state index in [1.807, 2.05) is 0 Å². The van der Waals surface area contributed by atoms with E-state index in [0.717, 1.165) is 17.0 Å². The number of carboxylic acid groups (broad SMARTS) is 1. The summed E-state index contributed by atoms with van der Waals surface area (Å²) in [5.74, 6) is -2.78. The zero-order valence-electron chi connectivity index (χ0n) is 9.52. The lowest BCUT2D eigenvalue weighted by Gasteiger charge is -2.16. The number of carbonyl (C=O) groups is 2. The molecule has 2 heterocycles. The highest BCUT2D eigenvalue weighted by molar-refractivity contribution is 5.98. The second kappa shape index (κ2) is 4.52. The maximum atomic E-state index is 12.5. The zero-order valence-corrected chi connectivity index (χ0v) is 9.52. The van der Waals surface area contributed by atoms with Crippen LogP contribution in [0.3, 0.4) is 0 Å². The van der Waals surface area contributed by atoms with E-state index in [1.165, 1.54) is 6.07 Å². The number of hydrogen-bond donors (Lipinski definition) is 1. The van der Waals surface area contributed by atoms with Crippen LogP contribution in [0.4, 0.5) is 19.0 Å². The number of carboxylic acids is 1. The molecule has 1 amide bonds. The van der Waals surface area contributed by atoms with Gasteiger partial charge in [-0.15, -0.1) is 0 Å². The third kappa shape index (κ3) is 2.67. The van der Waals surface area contributed by atoms with Gasteiger partial charge in [-0.3, -0.25) is 14.5 Å². The van der Waals surface area contributed by atoms with Crippen LogP contribution in [0.2, 0.25) is 0 Å². The molecule has 1 unspecified atom stereocenters. The third-order valence-electron chi connectivity index (χ3n) is 2.78. The molecular weight excluding hydrogens is 265 g/mol.